The molecular formula is C23H25N7O3S. The molecule has 176 valence electrons. The standard InChI is InChI=1S/C23H25N7O3S/c1-29-17-13-24-20(30-7-9-33-10-8-30)12-18(17)34-14-16(23(29)32)25-22(31)21-26-19(27-28-21)11-15-5-3-2-4-6-15/h2-6,12-13,16H,7-11,14H2,1H3,(H,25,31)(H,26,27,28)/t16-/m0/s1. The quantitative estimate of drug-likeness (QED) is 0.566. The predicted octanol–water partition coefficient (Wildman–Crippen LogP) is 1.49. The van der Waals surface area contributed by atoms with Crippen LogP contribution in [-0.4, -0.2) is 77.1 Å². The van der Waals surface area contributed by atoms with Gasteiger partial charge in [-0.15, -0.1) is 16.9 Å². The number of likely N-dealkylation sites (N-methyl/N-ethyl adjacent to an activating group) is 1. The largest absolute Gasteiger partial charge is 0.378 e. The molecule has 0 aliphatic carbocycles. The Bertz CT molecular complexity index is 1180. The van der Waals surface area contributed by atoms with Crippen LogP contribution in [0.3, 0.4) is 0 Å². The van der Waals surface area contributed by atoms with E-state index in [1.165, 1.54) is 11.8 Å². The summed E-state index contributed by atoms with van der Waals surface area (Å²) in [5.74, 6) is 1.18. The Morgan fingerprint density at radius 2 is 2.06 bits per heavy atom. The molecule has 5 rings (SSSR count). The summed E-state index contributed by atoms with van der Waals surface area (Å²) in [5, 5.41) is 9.66. The van der Waals surface area contributed by atoms with Gasteiger partial charge in [-0.1, -0.05) is 30.3 Å². The Kier molecular flexibility index (Phi) is 6.45. The molecular weight excluding hydrogens is 454 g/mol. The molecule has 0 spiro atoms. The van der Waals surface area contributed by atoms with Crippen molar-refractivity contribution in [2.45, 2.75) is 17.4 Å². The second-order valence-electron chi connectivity index (χ2n) is 8.11. The van der Waals surface area contributed by atoms with E-state index in [9.17, 15) is 9.59 Å². The number of nitrogens with zero attached hydrogens (tertiary/aromatic N) is 5. The van der Waals surface area contributed by atoms with Crippen LogP contribution in [0.25, 0.3) is 0 Å². The molecule has 1 atom stereocenters. The lowest BCUT2D eigenvalue weighted by Crippen LogP contribution is -2.48. The van der Waals surface area contributed by atoms with Crippen molar-refractivity contribution >= 4 is 35.1 Å². The number of pyridine rings is 1. The van der Waals surface area contributed by atoms with E-state index < -0.39 is 11.9 Å². The lowest BCUT2D eigenvalue weighted by atomic mass is 10.1. The molecule has 2 amide bonds. The fourth-order valence-electron chi connectivity index (χ4n) is 3.94. The first-order valence-corrected chi connectivity index (χ1v) is 12.1. The summed E-state index contributed by atoms with van der Waals surface area (Å²) in [6.07, 6.45) is 2.26. The summed E-state index contributed by atoms with van der Waals surface area (Å²) >= 11 is 1.52. The molecule has 1 aromatic carbocycles. The Hall–Kier alpha value is -3.44. The van der Waals surface area contributed by atoms with Crippen molar-refractivity contribution in [1.82, 2.24) is 25.5 Å². The number of benzene rings is 1. The monoisotopic (exact) mass is 479 g/mol. The molecule has 1 fully saturated rings. The molecule has 2 aliphatic rings. The van der Waals surface area contributed by atoms with Crippen LogP contribution in [0, 0.1) is 0 Å². The number of fused-ring (bicyclic) bond motifs is 1. The number of ether oxygens (including phenoxy) is 1. The second kappa shape index (κ2) is 9.82. The molecule has 0 saturated carbocycles. The van der Waals surface area contributed by atoms with Crippen LogP contribution in [0.1, 0.15) is 22.0 Å². The number of hydrogen-bond acceptors (Lipinski definition) is 8. The highest BCUT2D eigenvalue weighted by atomic mass is 32.2. The zero-order valence-electron chi connectivity index (χ0n) is 18.7. The second-order valence-corrected chi connectivity index (χ2v) is 9.17. The van der Waals surface area contributed by atoms with E-state index in [1.54, 1.807) is 18.1 Å². The maximum Gasteiger partial charge on any atom is 0.291 e. The van der Waals surface area contributed by atoms with Gasteiger partial charge in [-0.2, -0.15) is 0 Å². The van der Waals surface area contributed by atoms with Crippen molar-refractivity contribution in [3.63, 3.8) is 0 Å². The SMILES string of the molecule is CN1C(=O)[C@@H](NC(=O)c2n[nH]c(Cc3ccccc3)n2)CSc2cc(N3CCOCC3)ncc21. The normalized spacial score (nSPS) is 18.4. The summed E-state index contributed by atoms with van der Waals surface area (Å²) in [5.41, 5.74) is 1.79. The van der Waals surface area contributed by atoms with Gasteiger partial charge in [-0.05, 0) is 11.6 Å². The number of amides is 2. The molecule has 34 heavy (non-hydrogen) atoms. The summed E-state index contributed by atoms with van der Waals surface area (Å²) in [7, 11) is 1.70. The zero-order valence-corrected chi connectivity index (χ0v) is 19.5. The summed E-state index contributed by atoms with van der Waals surface area (Å²) in [6, 6.07) is 11.1. The number of hydrogen-bond donors (Lipinski definition) is 2. The first-order valence-electron chi connectivity index (χ1n) is 11.1. The minimum absolute atomic E-state index is 0.0180. The molecule has 0 radical (unpaired) electrons. The third-order valence-corrected chi connectivity index (χ3v) is 6.95. The van der Waals surface area contributed by atoms with E-state index in [-0.39, 0.29) is 11.7 Å². The highest BCUT2D eigenvalue weighted by Gasteiger charge is 2.31. The van der Waals surface area contributed by atoms with Gasteiger partial charge < -0.3 is 19.9 Å². The number of rotatable bonds is 5. The lowest BCUT2D eigenvalue weighted by molar-refractivity contribution is -0.119. The van der Waals surface area contributed by atoms with E-state index in [0.29, 0.717) is 31.2 Å². The van der Waals surface area contributed by atoms with Gasteiger partial charge in [0.2, 0.25) is 11.7 Å². The van der Waals surface area contributed by atoms with Crippen LogP contribution in [0.4, 0.5) is 11.5 Å². The first-order chi connectivity index (χ1) is 16.6. The molecule has 2 aliphatic heterocycles. The molecule has 0 unspecified atom stereocenters. The molecule has 2 aromatic heterocycles. The van der Waals surface area contributed by atoms with Gasteiger partial charge in [0.25, 0.3) is 5.91 Å². The van der Waals surface area contributed by atoms with E-state index in [4.69, 9.17) is 4.74 Å². The third kappa shape index (κ3) is 4.75. The number of aromatic amines is 1. The average molecular weight is 480 g/mol. The highest BCUT2D eigenvalue weighted by Crippen LogP contribution is 2.35. The number of carbonyl (C=O) groups excluding carboxylic acids is 2. The first kappa shape index (κ1) is 22.4. The van der Waals surface area contributed by atoms with Crippen molar-refractivity contribution in [2.24, 2.45) is 0 Å². The van der Waals surface area contributed by atoms with Crippen LogP contribution in [-0.2, 0) is 16.0 Å². The minimum atomic E-state index is -0.710. The fraction of sp³-hybridized carbons (Fsp3) is 0.348. The van der Waals surface area contributed by atoms with Gasteiger partial charge in [0.05, 0.1) is 25.1 Å². The van der Waals surface area contributed by atoms with Gasteiger partial charge in [-0.3, -0.25) is 14.7 Å². The van der Waals surface area contributed by atoms with Crippen LogP contribution >= 0.6 is 11.8 Å². The maximum absolute atomic E-state index is 13.1. The van der Waals surface area contributed by atoms with Gasteiger partial charge in [0, 0.05) is 37.2 Å². The third-order valence-electron chi connectivity index (χ3n) is 5.82. The molecule has 1 saturated heterocycles. The van der Waals surface area contributed by atoms with E-state index in [0.717, 1.165) is 35.1 Å². The molecule has 0 bridgehead atoms. The minimum Gasteiger partial charge on any atom is -0.378 e. The molecule has 10 nitrogen and oxygen atoms in total. The number of H-pyrrole nitrogens is 1. The van der Waals surface area contributed by atoms with Crippen molar-refractivity contribution in [3.8, 4) is 0 Å². The van der Waals surface area contributed by atoms with Crippen LogP contribution in [0.15, 0.2) is 47.5 Å². The molecule has 2 N–H and O–H groups in total. The van der Waals surface area contributed by atoms with E-state index in [1.807, 2.05) is 36.4 Å². The maximum atomic E-state index is 13.1. The molecule has 11 heteroatoms. The van der Waals surface area contributed by atoms with Gasteiger partial charge in [0.1, 0.15) is 17.7 Å². The lowest BCUT2D eigenvalue weighted by Gasteiger charge is -2.28. The Balaban J connectivity index is 1.26. The predicted molar refractivity (Wildman–Crippen MR) is 128 cm³/mol. The fourth-order valence-corrected chi connectivity index (χ4v) is 5.04. The molecule has 4 heterocycles. The number of thioether (sulfide) groups is 1. The number of aromatic nitrogens is 4. The van der Waals surface area contributed by atoms with Crippen LogP contribution < -0.4 is 15.1 Å². The average Bonchev–Trinajstić information content (AvgIpc) is 3.31. The molecule has 3 aromatic rings. The Labute approximate surface area is 201 Å². The van der Waals surface area contributed by atoms with Gasteiger partial charge in [-0.25, -0.2) is 9.97 Å². The van der Waals surface area contributed by atoms with Crippen LogP contribution in [0.5, 0.6) is 0 Å². The van der Waals surface area contributed by atoms with Crippen molar-refractivity contribution < 1.29 is 14.3 Å². The van der Waals surface area contributed by atoms with Crippen molar-refractivity contribution in [2.75, 3.05) is 48.9 Å². The number of carbonyl (C=O) groups is 2. The summed E-state index contributed by atoms with van der Waals surface area (Å²) < 4.78 is 5.42. The zero-order chi connectivity index (χ0) is 23.5. The van der Waals surface area contributed by atoms with Gasteiger partial charge in [0.15, 0.2) is 0 Å². The van der Waals surface area contributed by atoms with E-state index >= 15 is 0 Å². The number of morpholine rings is 1. The van der Waals surface area contributed by atoms with Crippen LogP contribution in [0.2, 0.25) is 0 Å². The number of anilines is 2. The Morgan fingerprint density at radius 1 is 1.26 bits per heavy atom. The summed E-state index contributed by atoms with van der Waals surface area (Å²) in [6.45, 7) is 2.92. The van der Waals surface area contributed by atoms with Crippen molar-refractivity contribution in [1.29, 1.82) is 0 Å². The topological polar surface area (TPSA) is 116 Å². The summed E-state index contributed by atoms with van der Waals surface area (Å²) in [4.78, 5) is 39.5. The number of nitrogens with one attached hydrogen (secondary N) is 2. The highest BCUT2D eigenvalue weighted by molar-refractivity contribution is 7.99. The van der Waals surface area contributed by atoms with Crippen molar-refractivity contribution in [3.05, 3.63) is 59.8 Å². The Morgan fingerprint density at radius 3 is 2.85 bits per heavy atom. The smallest absolute Gasteiger partial charge is 0.291 e. The van der Waals surface area contributed by atoms with E-state index in [2.05, 4.69) is 30.4 Å². The van der Waals surface area contributed by atoms with Gasteiger partial charge >= 0.3 is 0 Å².